The van der Waals surface area contributed by atoms with Crippen LogP contribution in [-0.4, -0.2) is 41.1 Å². The number of carbonyl (C=O) groups excluding carboxylic acids is 1. The molecule has 3 rings (SSSR count). The van der Waals surface area contributed by atoms with Gasteiger partial charge >= 0.3 is 17.5 Å². The van der Waals surface area contributed by atoms with Crippen molar-refractivity contribution in [1.29, 1.82) is 0 Å². The summed E-state index contributed by atoms with van der Waals surface area (Å²) in [6.45, 7) is 3.57. The first-order chi connectivity index (χ1) is 13.0. The van der Waals surface area contributed by atoms with E-state index in [0.29, 0.717) is 30.3 Å². The van der Waals surface area contributed by atoms with Crippen molar-refractivity contribution in [1.82, 2.24) is 9.97 Å². The number of esters is 1. The summed E-state index contributed by atoms with van der Waals surface area (Å²) < 4.78 is 10.3. The van der Waals surface area contributed by atoms with Crippen LogP contribution < -0.4 is 9.64 Å². The second-order valence-electron chi connectivity index (χ2n) is 6.40. The minimum Gasteiger partial charge on any atom is -0.465 e. The number of methoxy groups -OCH3 is 1. The van der Waals surface area contributed by atoms with E-state index < -0.39 is 10.9 Å². The first kappa shape index (κ1) is 18.6. The summed E-state index contributed by atoms with van der Waals surface area (Å²) in [6, 6.07) is 6.09. The molecule has 1 fully saturated rings. The Morgan fingerprint density at radius 1 is 1.22 bits per heavy atom. The Bertz CT molecular complexity index is 832. The Morgan fingerprint density at radius 3 is 2.48 bits per heavy atom. The lowest BCUT2D eigenvalue weighted by Gasteiger charge is -2.30. The van der Waals surface area contributed by atoms with Crippen LogP contribution in [0.5, 0.6) is 11.6 Å². The predicted octanol–water partition coefficient (Wildman–Crippen LogP) is 3.20. The molecule has 2 heterocycles. The summed E-state index contributed by atoms with van der Waals surface area (Å²) >= 11 is 0. The van der Waals surface area contributed by atoms with Gasteiger partial charge in [0.1, 0.15) is 12.1 Å². The molecule has 0 bridgehead atoms. The van der Waals surface area contributed by atoms with Gasteiger partial charge < -0.3 is 14.4 Å². The average Bonchev–Trinajstić information content (AvgIpc) is 2.68. The number of aromatic nitrogens is 2. The number of piperidine rings is 1. The van der Waals surface area contributed by atoms with E-state index in [0.717, 1.165) is 12.8 Å². The topological polar surface area (TPSA) is 108 Å². The Labute approximate surface area is 156 Å². The standard InChI is InChI=1S/C18H20N4O5/c1-12-7-9-21(10-8-12)16-15(22(24)25)17(20-11-19-16)27-14-5-3-13(4-6-14)18(23)26-2/h3-6,11-12H,7-10H2,1-2H3. The highest BCUT2D eigenvalue weighted by Gasteiger charge is 2.30. The van der Waals surface area contributed by atoms with Crippen molar-refractivity contribution in [2.24, 2.45) is 5.92 Å². The summed E-state index contributed by atoms with van der Waals surface area (Å²) in [5.41, 5.74) is 0.0919. The number of rotatable bonds is 5. The van der Waals surface area contributed by atoms with Crippen LogP contribution in [0.25, 0.3) is 0 Å². The summed E-state index contributed by atoms with van der Waals surface area (Å²) in [4.78, 5) is 32.6. The lowest BCUT2D eigenvalue weighted by Crippen LogP contribution is -2.34. The van der Waals surface area contributed by atoms with Gasteiger partial charge in [-0.2, -0.15) is 4.98 Å². The number of nitrogens with zero attached hydrogens (tertiary/aromatic N) is 4. The highest BCUT2D eigenvalue weighted by atomic mass is 16.6. The van der Waals surface area contributed by atoms with Crippen LogP contribution >= 0.6 is 0 Å². The van der Waals surface area contributed by atoms with E-state index in [9.17, 15) is 14.9 Å². The van der Waals surface area contributed by atoms with Gasteiger partial charge in [-0.1, -0.05) is 6.92 Å². The fraction of sp³-hybridized carbons (Fsp3) is 0.389. The van der Waals surface area contributed by atoms with Gasteiger partial charge in [0.05, 0.1) is 17.6 Å². The number of hydrogen-bond acceptors (Lipinski definition) is 8. The molecule has 1 aromatic carbocycles. The third-order valence-corrected chi connectivity index (χ3v) is 4.53. The van der Waals surface area contributed by atoms with E-state index >= 15 is 0 Å². The fourth-order valence-electron chi connectivity index (χ4n) is 2.93. The van der Waals surface area contributed by atoms with Gasteiger partial charge in [0.15, 0.2) is 0 Å². The molecule has 1 aromatic heterocycles. The van der Waals surface area contributed by atoms with Crippen LogP contribution in [0, 0.1) is 16.0 Å². The minimum atomic E-state index is -0.522. The fourth-order valence-corrected chi connectivity index (χ4v) is 2.93. The van der Waals surface area contributed by atoms with Crippen LogP contribution in [0.2, 0.25) is 0 Å². The zero-order valence-electron chi connectivity index (χ0n) is 15.1. The molecular weight excluding hydrogens is 352 g/mol. The zero-order chi connectivity index (χ0) is 19.4. The number of nitro groups is 1. The van der Waals surface area contributed by atoms with Gasteiger partial charge in [0.2, 0.25) is 5.82 Å². The molecule has 0 unspecified atom stereocenters. The maximum absolute atomic E-state index is 11.7. The monoisotopic (exact) mass is 372 g/mol. The first-order valence-corrected chi connectivity index (χ1v) is 8.60. The average molecular weight is 372 g/mol. The Morgan fingerprint density at radius 2 is 1.89 bits per heavy atom. The molecule has 0 atom stereocenters. The van der Waals surface area contributed by atoms with Crippen molar-refractivity contribution in [3.05, 3.63) is 46.3 Å². The molecule has 0 N–H and O–H groups in total. The van der Waals surface area contributed by atoms with Crippen molar-refractivity contribution in [2.45, 2.75) is 19.8 Å². The van der Waals surface area contributed by atoms with E-state index in [4.69, 9.17) is 4.74 Å². The van der Waals surface area contributed by atoms with E-state index in [2.05, 4.69) is 21.6 Å². The molecular formula is C18H20N4O5. The number of anilines is 1. The molecule has 0 aliphatic carbocycles. The number of benzene rings is 1. The molecule has 0 saturated carbocycles. The molecule has 142 valence electrons. The number of ether oxygens (including phenoxy) is 2. The van der Waals surface area contributed by atoms with E-state index in [-0.39, 0.29) is 17.4 Å². The smallest absolute Gasteiger partial charge is 0.373 e. The Hall–Kier alpha value is -3.23. The van der Waals surface area contributed by atoms with Gasteiger partial charge in [0, 0.05) is 13.1 Å². The van der Waals surface area contributed by atoms with Gasteiger partial charge in [-0.25, -0.2) is 9.78 Å². The molecule has 2 aromatic rings. The van der Waals surface area contributed by atoms with Gasteiger partial charge in [-0.05, 0) is 43.0 Å². The Balaban J connectivity index is 1.88. The third-order valence-electron chi connectivity index (χ3n) is 4.53. The first-order valence-electron chi connectivity index (χ1n) is 8.60. The SMILES string of the molecule is COC(=O)c1ccc(Oc2ncnc(N3CCC(C)CC3)c2[N+](=O)[O-])cc1. The molecule has 1 aliphatic rings. The molecule has 0 radical (unpaired) electrons. The summed E-state index contributed by atoms with van der Waals surface area (Å²) in [5.74, 6) is 0.572. The molecule has 9 nitrogen and oxygen atoms in total. The van der Waals surface area contributed by atoms with Crippen LogP contribution in [0.1, 0.15) is 30.1 Å². The molecule has 1 aliphatic heterocycles. The van der Waals surface area contributed by atoms with Crippen LogP contribution in [0.15, 0.2) is 30.6 Å². The van der Waals surface area contributed by atoms with Crippen molar-refractivity contribution < 1.29 is 19.2 Å². The van der Waals surface area contributed by atoms with Crippen molar-refractivity contribution in [3.63, 3.8) is 0 Å². The normalized spacial score (nSPS) is 14.7. The van der Waals surface area contributed by atoms with Gasteiger partial charge in [-0.3, -0.25) is 10.1 Å². The van der Waals surface area contributed by atoms with Crippen LogP contribution in [-0.2, 0) is 4.74 Å². The summed E-state index contributed by atoms with van der Waals surface area (Å²) in [6.07, 6.45) is 3.16. The quantitative estimate of drug-likeness (QED) is 0.447. The second kappa shape index (κ2) is 7.98. The van der Waals surface area contributed by atoms with Gasteiger partial charge in [-0.15, -0.1) is 0 Å². The molecule has 1 saturated heterocycles. The molecule has 0 spiro atoms. The number of carbonyl (C=O) groups is 1. The minimum absolute atomic E-state index is 0.130. The lowest BCUT2D eigenvalue weighted by molar-refractivity contribution is -0.385. The zero-order valence-corrected chi connectivity index (χ0v) is 15.1. The van der Waals surface area contributed by atoms with Crippen LogP contribution in [0.3, 0.4) is 0 Å². The summed E-state index contributed by atoms with van der Waals surface area (Å²) in [7, 11) is 1.29. The van der Waals surface area contributed by atoms with Crippen molar-refractivity contribution in [2.75, 3.05) is 25.1 Å². The predicted molar refractivity (Wildman–Crippen MR) is 97.2 cm³/mol. The second-order valence-corrected chi connectivity index (χ2v) is 6.40. The molecule has 0 amide bonds. The van der Waals surface area contributed by atoms with Gasteiger partial charge in [0.25, 0.3) is 0 Å². The number of hydrogen-bond donors (Lipinski definition) is 0. The molecule has 9 heteroatoms. The highest BCUT2D eigenvalue weighted by molar-refractivity contribution is 5.89. The van der Waals surface area contributed by atoms with E-state index in [1.165, 1.54) is 37.7 Å². The largest absolute Gasteiger partial charge is 0.465 e. The highest BCUT2D eigenvalue weighted by Crippen LogP contribution is 2.37. The van der Waals surface area contributed by atoms with E-state index in [1.54, 1.807) is 0 Å². The Kier molecular flexibility index (Phi) is 5.49. The van der Waals surface area contributed by atoms with Crippen molar-refractivity contribution >= 4 is 17.5 Å². The van der Waals surface area contributed by atoms with Crippen molar-refractivity contribution in [3.8, 4) is 11.6 Å². The van der Waals surface area contributed by atoms with E-state index in [1.807, 2.05) is 4.90 Å². The lowest BCUT2D eigenvalue weighted by atomic mass is 9.99. The maximum atomic E-state index is 11.7. The third kappa shape index (κ3) is 4.13. The molecule has 27 heavy (non-hydrogen) atoms. The maximum Gasteiger partial charge on any atom is 0.373 e. The summed E-state index contributed by atoms with van der Waals surface area (Å²) in [5, 5.41) is 11.7. The van der Waals surface area contributed by atoms with Crippen LogP contribution in [0.4, 0.5) is 11.5 Å².